The molecule has 0 aromatic heterocycles. The molecule has 0 radical (unpaired) electrons. The number of nitrogens with one attached hydrogen (secondary N) is 1. The van der Waals surface area contributed by atoms with Crippen LogP contribution in [0.3, 0.4) is 0 Å². The number of hydrogen-bond donors (Lipinski definition) is 2. The summed E-state index contributed by atoms with van der Waals surface area (Å²) in [5.41, 5.74) is 0. The number of aliphatic hydroxyl groups excluding tert-OH is 1. The minimum atomic E-state index is -0.574. The average molecular weight is 301 g/mol. The normalized spacial score (nSPS) is 29.3. The second-order valence-electron chi connectivity index (χ2n) is 6.31. The Bertz CT molecular complexity index is 318. The van der Waals surface area contributed by atoms with Crippen molar-refractivity contribution in [3.8, 4) is 0 Å². The standard InChI is InChI=1S/C15H27NO3S/c1-10(2)20-9-13(17)14-12(16-15(18)19-14)8-11-6-4-3-5-7-11/h10-14,17H,3-9H2,1-2H3,(H,16,18)/t12-,13-,14+/m0/s1. The van der Waals surface area contributed by atoms with Crippen LogP contribution in [0, 0.1) is 5.92 Å². The van der Waals surface area contributed by atoms with E-state index in [-0.39, 0.29) is 18.2 Å². The first-order valence-electron chi connectivity index (χ1n) is 7.83. The van der Waals surface area contributed by atoms with Gasteiger partial charge in [0.1, 0.15) is 6.10 Å². The minimum Gasteiger partial charge on any atom is -0.441 e. The van der Waals surface area contributed by atoms with Crippen molar-refractivity contribution in [1.82, 2.24) is 5.32 Å². The van der Waals surface area contributed by atoms with Crippen LogP contribution in [0.5, 0.6) is 0 Å². The SMILES string of the molecule is CC(C)SC[C@H](O)[C@@H]1OC(=O)N[C@H]1CC1CCCCC1. The molecule has 2 rings (SSSR count). The summed E-state index contributed by atoms with van der Waals surface area (Å²) in [4.78, 5) is 11.5. The molecule has 1 saturated heterocycles. The third kappa shape index (κ3) is 4.55. The van der Waals surface area contributed by atoms with Crippen molar-refractivity contribution in [2.45, 2.75) is 75.9 Å². The maximum Gasteiger partial charge on any atom is 0.407 e. The van der Waals surface area contributed by atoms with Crippen LogP contribution < -0.4 is 5.32 Å². The predicted octanol–water partition coefficient (Wildman–Crippen LogP) is 2.94. The van der Waals surface area contributed by atoms with Gasteiger partial charge in [0, 0.05) is 5.75 Å². The van der Waals surface area contributed by atoms with E-state index in [2.05, 4.69) is 19.2 Å². The molecule has 1 aliphatic carbocycles. The van der Waals surface area contributed by atoms with Crippen LogP contribution in [0.4, 0.5) is 4.79 Å². The van der Waals surface area contributed by atoms with Crippen molar-refractivity contribution in [3.05, 3.63) is 0 Å². The Morgan fingerprint density at radius 3 is 2.70 bits per heavy atom. The molecular formula is C15H27NO3S. The molecule has 1 aliphatic heterocycles. The van der Waals surface area contributed by atoms with E-state index < -0.39 is 6.10 Å². The molecule has 4 nitrogen and oxygen atoms in total. The fraction of sp³-hybridized carbons (Fsp3) is 0.933. The van der Waals surface area contributed by atoms with Gasteiger partial charge in [0.2, 0.25) is 0 Å². The van der Waals surface area contributed by atoms with E-state index in [1.54, 1.807) is 11.8 Å². The molecule has 116 valence electrons. The molecule has 1 amide bonds. The van der Waals surface area contributed by atoms with E-state index in [9.17, 15) is 9.90 Å². The quantitative estimate of drug-likeness (QED) is 0.792. The van der Waals surface area contributed by atoms with Gasteiger partial charge in [0.25, 0.3) is 0 Å². The first-order chi connectivity index (χ1) is 9.56. The number of ether oxygens (including phenoxy) is 1. The Morgan fingerprint density at radius 1 is 1.35 bits per heavy atom. The van der Waals surface area contributed by atoms with E-state index in [1.165, 1.54) is 32.1 Å². The molecular weight excluding hydrogens is 274 g/mol. The maximum atomic E-state index is 11.5. The lowest BCUT2D eigenvalue weighted by atomic mass is 9.83. The Morgan fingerprint density at radius 2 is 2.05 bits per heavy atom. The molecule has 0 unspecified atom stereocenters. The van der Waals surface area contributed by atoms with Gasteiger partial charge in [0.15, 0.2) is 6.10 Å². The number of alkyl carbamates (subject to hydrolysis) is 1. The van der Waals surface area contributed by atoms with Crippen LogP contribution in [0.15, 0.2) is 0 Å². The van der Waals surface area contributed by atoms with Crippen LogP contribution >= 0.6 is 11.8 Å². The summed E-state index contributed by atoms with van der Waals surface area (Å²) in [7, 11) is 0. The van der Waals surface area contributed by atoms with E-state index in [0.29, 0.717) is 16.9 Å². The average Bonchev–Trinajstić information content (AvgIpc) is 2.78. The van der Waals surface area contributed by atoms with Crippen molar-refractivity contribution in [1.29, 1.82) is 0 Å². The van der Waals surface area contributed by atoms with Crippen molar-refractivity contribution in [2.24, 2.45) is 5.92 Å². The highest BCUT2D eigenvalue weighted by molar-refractivity contribution is 7.99. The fourth-order valence-electron chi connectivity index (χ4n) is 3.18. The van der Waals surface area contributed by atoms with Gasteiger partial charge in [0.05, 0.1) is 6.04 Å². The molecule has 2 fully saturated rings. The van der Waals surface area contributed by atoms with Gasteiger partial charge >= 0.3 is 6.09 Å². The number of hydrogen-bond acceptors (Lipinski definition) is 4. The van der Waals surface area contributed by atoms with Gasteiger partial charge in [-0.1, -0.05) is 46.0 Å². The van der Waals surface area contributed by atoms with Crippen LogP contribution in [0.1, 0.15) is 52.4 Å². The van der Waals surface area contributed by atoms with Crippen LogP contribution in [-0.4, -0.2) is 40.5 Å². The summed E-state index contributed by atoms with van der Waals surface area (Å²) in [5, 5.41) is 13.6. The highest BCUT2D eigenvalue weighted by atomic mass is 32.2. The third-order valence-corrected chi connectivity index (χ3v) is 5.44. The van der Waals surface area contributed by atoms with E-state index >= 15 is 0 Å². The van der Waals surface area contributed by atoms with Gasteiger partial charge in [-0.3, -0.25) is 0 Å². The van der Waals surface area contributed by atoms with Crippen molar-refractivity contribution in [3.63, 3.8) is 0 Å². The lowest BCUT2D eigenvalue weighted by molar-refractivity contribution is 0.0277. The zero-order valence-electron chi connectivity index (χ0n) is 12.5. The molecule has 2 N–H and O–H groups in total. The number of carbonyl (C=O) groups excluding carboxylic acids is 1. The molecule has 5 heteroatoms. The number of rotatable bonds is 6. The number of cyclic esters (lactones) is 1. The Balaban J connectivity index is 1.86. The Labute approximate surface area is 126 Å². The van der Waals surface area contributed by atoms with Crippen LogP contribution in [0.2, 0.25) is 0 Å². The van der Waals surface area contributed by atoms with Gasteiger partial charge < -0.3 is 15.2 Å². The van der Waals surface area contributed by atoms with Gasteiger partial charge in [-0.15, -0.1) is 0 Å². The number of thioether (sulfide) groups is 1. The van der Waals surface area contributed by atoms with Crippen LogP contribution in [0.25, 0.3) is 0 Å². The third-order valence-electron chi connectivity index (χ3n) is 4.23. The van der Waals surface area contributed by atoms with Gasteiger partial charge in [-0.2, -0.15) is 11.8 Å². The van der Waals surface area contributed by atoms with E-state index in [1.807, 2.05) is 0 Å². The predicted molar refractivity (Wildman–Crippen MR) is 82.0 cm³/mol. The Kier molecular flexibility index (Phi) is 6.02. The molecule has 0 bridgehead atoms. The van der Waals surface area contributed by atoms with E-state index in [0.717, 1.165) is 6.42 Å². The van der Waals surface area contributed by atoms with Crippen molar-refractivity contribution >= 4 is 17.9 Å². The number of carbonyl (C=O) groups is 1. The summed E-state index contributed by atoms with van der Waals surface area (Å²) in [5.74, 6) is 1.29. The molecule has 1 saturated carbocycles. The maximum absolute atomic E-state index is 11.5. The zero-order valence-corrected chi connectivity index (χ0v) is 13.3. The molecule has 0 spiro atoms. The molecule has 3 atom stereocenters. The summed E-state index contributed by atoms with van der Waals surface area (Å²) in [6, 6.07) is -0.0200. The molecule has 20 heavy (non-hydrogen) atoms. The van der Waals surface area contributed by atoms with Gasteiger partial charge in [-0.25, -0.2) is 4.79 Å². The summed E-state index contributed by atoms with van der Waals surface area (Å²) in [6.45, 7) is 4.21. The molecule has 0 aromatic carbocycles. The monoisotopic (exact) mass is 301 g/mol. The van der Waals surface area contributed by atoms with Crippen molar-refractivity contribution < 1.29 is 14.6 Å². The highest BCUT2D eigenvalue weighted by Crippen LogP contribution is 2.30. The van der Waals surface area contributed by atoms with Gasteiger partial charge in [-0.05, 0) is 17.6 Å². The Hall–Kier alpha value is -0.420. The molecule has 0 aromatic rings. The first-order valence-corrected chi connectivity index (χ1v) is 8.88. The van der Waals surface area contributed by atoms with E-state index in [4.69, 9.17) is 4.74 Å². The first kappa shape index (κ1) is 16.0. The lowest BCUT2D eigenvalue weighted by Gasteiger charge is -2.28. The largest absolute Gasteiger partial charge is 0.441 e. The second-order valence-corrected chi connectivity index (χ2v) is 7.92. The smallest absolute Gasteiger partial charge is 0.407 e. The summed E-state index contributed by atoms with van der Waals surface area (Å²) < 4.78 is 5.30. The van der Waals surface area contributed by atoms with Crippen LogP contribution in [-0.2, 0) is 4.74 Å². The number of aliphatic hydroxyl groups is 1. The lowest BCUT2D eigenvalue weighted by Crippen LogP contribution is -2.42. The zero-order chi connectivity index (χ0) is 14.5. The summed E-state index contributed by atoms with van der Waals surface area (Å²) >= 11 is 1.71. The highest BCUT2D eigenvalue weighted by Gasteiger charge is 2.40. The topological polar surface area (TPSA) is 58.6 Å². The molecule has 2 aliphatic rings. The second kappa shape index (κ2) is 7.55. The summed E-state index contributed by atoms with van der Waals surface area (Å²) in [6.07, 6.45) is 6.04. The number of amides is 1. The van der Waals surface area contributed by atoms with Crippen molar-refractivity contribution in [2.75, 3.05) is 5.75 Å². The fourth-order valence-corrected chi connectivity index (χ4v) is 3.95. The minimum absolute atomic E-state index is 0.0200. The molecule has 1 heterocycles.